The van der Waals surface area contributed by atoms with Gasteiger partial charge in [-0.2, -0.15) is 0 Å². The van der Waals surface area contributed by atoms with Crippen LogP contribution in [0.5, 0.6) is 0 Å². The molecule has 17 heavy (non-hydrogen) atoms. The highest BCUT2D eigenvalue weighted by atomic mass is 35.5. The van der Waals surface area contributed by atoms with E-state index < -0.39 is 0 Å². The molecular formula is C14H21ClO2. The van der Waals surface area contributed by atoms with Crippen LogP contribution in [0.3, 0.4) is 0 Å². The SMILES string of the molecule is C=C1CCC(=O)C2CC(OC)[C@H](Cl)CCC2C1. The summed E-state index contributed by atoms with van der Waals surface area (Å²) < 4.78 is 5.44. The minimum atomic E-state index is 0.0296. The van der Waals surface area contributed by atoms with Crippen molar-refractivity contribution in [3.63, 3.8) is 0 Å². The molecule has 0 aromatic carbocycles. The fourth-order valence-electron chi connectivity index (χ4n) is 3.19. The molecule has 0 heterocycles. The number of hydrogen-bond acceptors (Lipinski definition) is 2. The van der Waals surface area contributed by atoms with Gasteiger partial charge in [0.25, 0.3) is 0 Å². The van der Waals surface area contributed by atoms with E-state index in [1.54, 1.807) is 7.11 Å². The predicted octanol–water partition coefficient (Wildman–Crippen LogP) is 3.33. The fraction of sp³-hybridized carbons (Fsp3) is 0.786. The third-order valence-electron chi connectivity index (χ3n) is 4.26. The maximum absolute atomic E-state index is 12.2. The van der Waals surface area contributed by atoms with Crippen LogP contribution in [-0.4, -0.2) is 24.4 Å². The minimum absolute atomic E-state index is 0.0296. The molecule has 0 amide bonds. The van der Waals surface area contributed by atoms with Gasteiger partial charge in [0.1, 0.15) is 5.78 Å². The van der Waals surface area contributed by atoms with E-state index in [2.05, 4.69) is 6.58 Å². The van der Waals surface area contributed by atoms with E-state index in [1.807, 2.05) is 0 Å². The van der Waals surface area contributed by atoms with Crippen molar-refractivity contribution in [3.8, 4) is 0 Å². The van der Waals surface area contributed by atoms with Crippen molar-refractivity contribution < 1.29 is 9.53 Å². The molecule has 0 aromatic rings. The lowest BCUT2D eigenvalue weighted by Gasteiger charge is -2.23. The van der Waals surface area contributed by atoms with Crippen LogP contribution >= 0.6 is 11.6 Å². The Bertz CT molecular complexity index is 313. The molecule has 96 valence electrons. The van der Waals surface area contributed by atoms with Gasteiger partial charge in [0, 0.05) is 19.4 Å². The summed E-state index contributed by atoms with van der Waals surface area (Å²) in [6, 6.07) is 0. The molecule has 2 aliphatic carbocycles. The molecule has 2 aliphatic rings. The first-order valence-corrected chi connectivity index (χ1v) is 6.91. The van der Waals surface area contributed by atoms with E-state index in [9.17, 15) is 4.79 Å². The summed E-state index contributed by atoms with van der Waals surface area (Å²) in [4.78, 5) is 12.2. The molecule has 3 heteroatoms. The van der Waals surface area contributed by atoms with Crippen LogP contribution in [0.4, 0.5) is 0 Å². The Kier molecular flexibility index (Phi) is 4.26. The molecule has 4 atom stereocenters. The Morgan fingerprint density at radius 1 is 1.35 bits per heavy atom. The third kappa shape index (κ3) is 2.92. The molecule has 2 rings (SSSR count). The number of carbonyl (C=O) groups excluding carboxylic acids is 1. The number of Topliss-reactive ketones (excluding diaryl/α,β-unsaturated/α-hetero) is 1. The van der Waals surface area contributed by atoms with E-state index in [-0.39, 0.29) is 17.4 Å². The zero-order valence-corrected chi connectivity index (χ0v) is 11.2. The number of ether oxygens (including phenoxy) is 1. The minimum Gasteiger partial charge on any atom is -0.380 e. The van der Waals surface area contributed by atoms with Gasteiger partial charge in [-0.15, -0.1) is 11.6 Å². The first-order chi connectivity index (χ1) is 8.11. The Morgan fingerprint density at radius 2 is 2.12 bits per heavy atom. The molecule has 0 saturated heterocycles. The molecular weight excluding hydrogens is 236 g/mol. The molecule has 2 nitrogen and oxygen atoms in total. The first kappa shape index (κ1) is 13.1. The third-order valence-corrected chi connectivity index (χ3v) is 4.76. The number of halogens is 1. The number of allylic oxidation sites excluding steroid dienone is 1. The van der Waals surface area contributed by atoms with Crippen molar-refractivity contribution in [3.05, 3.63) is 12.2 Å². The summed E-state index contributed by atoms with van der Waals surface area (Å²) in [7, 11) is 1.69. The molecule has 0 aliphatic heterocycles. The number of methoxy groups -OCH3 is 1. The monoisotopic (exact) mass is 256 g/mol. The van der Waals surface area contributed by atoms with Gasteiger partial charge in [0.2, 0.25) is 0 Å². The standard InChI is InChI=1S/C14H21ClO2/c1-9-3-6-13(16)11-8-14(17-2)12(15)5-4-10(11)7-9/h10-12,14H,1,3-8H2,2H3/t10?,11?,12-,14?/m1/s1. The van der Waals surface area contributed by atoms with Gasteiger partial charge in [-0.25, -0.2) is 0 Å². The van der Waals surface area contributed by atoms with E-state index >= 15 is 0 Å². The van der Waals surface area contributed by atoms with Crippen molar-refractivity contribution in [2.45, 2.75) is 50.0 Å². The maximum atomic E-state index is 12.2. The number of carbonyl (C=O) groups is 1. The van der Waals surface area contributed by atoms with Crippen LogP contribution in [0.2, 0.25) is 0 Å². The van der Waals surface area contributed by atoms with Gasteiger partial charge >= 0.3 is 0 Å². The molecule has 0 N–H and O–H groups in total. The van der Waals surface area contributed by atoms with Gasteiger partial charge in [-0.05, 0) is 38.0 Å². The summed E-state index contributed by atoms with van der Waals surface area (Å²) in [6.45, 7) is 4.07. The normalized spacial score (nSPS) is 39.4. The highest BCUT2D eigenvalue weighted by Gasteiger charge is 2.38. The Hall–Kier alpha value is -0.340. The number of fused-ring (bicyclic) bond motifs is 1. The Balaban J connectivity index is 2.17. The quantitative estimate of drug-likeness (QED) is 0.531. The zero-order chi connectivity index (χ0) is 12.4. The maximum Gasteiger partial charge on any atom is 0.136 e. The predicted molar refractivity (Wildman–Crippen MR) is 69.3 cm³/mol. The van der Waals surface area contributed by atoms with Crippen LogP contribution < -0.4 is 0 Å². The number of hydrogen-bond donors (Lipinski definition) is 0. The molecule has 0 aromatic heterocycles. The largest absolute Gasteiger partial charge is 0.380 e. The van der Waals surface area contributed by atoms with Crippen LogP contribution in [0.15, 0.2) is 12.2 Å². The first-order valence-electron chi connectivity index (χ1n) is 6.48. The lowest BCUT2D eigenvalue weighted by molar-refractivity contribution is -0.125. The second-order valence-electron chi connectivity index (χ2n) is 5.39. The van der Waals surface area contributed by atoms with E-state index in [0.29, 0.717) is 18.1 Å². The smallest absolute Gasteiger partial charge is 0.136 e. The van der Waals surface area contributed by atoms with Gasteiger partial charge in [0.15, 0.2) is 0 Å². The van der Waals surface area contributed by atoms with Crippen molar-refractivity contribution in [1.29, 1.82) is 0 Å². The Labute approximate surface area is 108 Å². The van der Waals surface area contributed by atoms with Crippen molar-refractivity contribution in [1.82, 2.24) is 0 Å². The van der Waals surface area contributed by atoms with Crippen molar-refractivity contribution >= 4 is 17.4 Å². The van der Waals surface area contributed by atoms with E-state index in [1.165, 1.54) is 5.57 Å². The number of alkyl halides is 1. The van der Waals surface area contributed by atoms with Gasteiger partial charge in [0.05, 0.1) is 11.5 Å². The van der Waals surface area contributed by atoms with E-state index in [4.69, 9.17) is 16.3 Å². The number of ketones is 1. The van der Waals surface area contributed by atoms with Crippen molar-refractivity contribution in [2.75, 3.05) is 7.11 Å². The highest BCUT2D eigenvalue weighted by Crippen LogP contribution is 2.39. The molecule has 0 radical (unpaired) electrons. The average molecular weight is 257 g/mol. The summed E-state index contributed by atoms with van der Waals surface area (Å²) in [5.74, 6) is 0.975. The molecule has 0 bridgehead atoms. The van der Waals surface area contributed by atoms with Crippen LogP contribution in [0.25, 0.3) is 0 Å². The lowest BCUT2D eigenvalue weighted by atomic mass is 9.82. The lowest BCUT2D eigenvalue weighted by Crippen LogP contribution is -2.28. The second kappa shape index (κ2) is 5.53. The second-order valence-corrected chi connectivity index (χ2v) is 5.95. The highest BCUT2D eigenvalue weighted by molar-refractivity contribution is 6.21. The summed E-state index contributed by atoms with van der Waals surface area (Å²) in [5, 5.41) is 0.0491. The molecule has 2 saturated carbocycles. The topological polar surface area (TPSA) is 26.3 Å². The number of rotatable bonds is 1. The molecule has 2 fully saturated rings. The van der Waals surface area contributed by atoms with Gasteiger partial charge < -0.3 is 4.74 Å². The molecule has 3 unspecified atom stereocenters. The molecule has 0 spiro atoms. The van der Waals surface area contributed by atoms with E-state index in [0.717, 1.165) is 32.1 Å². The zero-order valence-electron chi connectivity index (χ0n) is 10.5. The van der Waals surface area contributed by atoms with Crippen molar-refractivity contribution in [2.24, 2.45) is 11.8 Å². The van der Waals surface area contributed by atoms with Gasteiger partial charge in [-0.3, -0.25) is 4.79 Å². The summed E-state index contributed by atoms with van der Waals surface area (Å²) in [6.07, 6.45) is 5.32. The average Bonchev–Trinajstić information content (AvgIpc) is 2.54. The van der Waals surface area contributed by atoms with Crippen LogP contribution in [-0.2, 0) is 9.53 Å². The van der Waals surface area contributed by atoms with Crippen LogP contribution in [0.1, 0.15) is 38.5 Å². The summed E-state index contributed by atoms with van der Waals surface area (Å²) >= 11 is 6.32. The summed E-state index contributed by atoms with van der Waals surface area (Å²) in [5.41, 5.74) is 1.23. The van der Waals surface area contributed by atoms with Crippen LogP contribution in [0, 0.1) is 11.8 Å². The Morgan fingerprint density at radius 3 is 2.82 bits per heavy atom. The van der Waals surface area contributed by atoms with Gasteiger partial charge in [-0.1, -0.05) is 12.2 Å². The fourth-order valence-corrected chi connectivity index (χ4v) is 3.52.